The number of carboxylic acid groups (broad SMARTS) is 1. The molecule has 0 aliphatic rings. The molecule has 0 aliphatic carbocycles. The first-order valence-electron chi connectivity index (χ1n) is 10.9. The van der Waals surface area contributed by atoms with Gasteiger partial charge in [0, 0.05) is 160 Å². The van der Waals surface area contributed by atoms with Crippen LogP contribution in [0.1, 0.15) is 45.3 Å². The predicted molar refractivity (Wildman–Crippen MR) is 216 cm³/mol. The van der Waals surface area contributed by atoms with E-state index in [2.05, 4.69) is 93.8 Å². The van der Waals surface area contributed by atoms with Crippen molar-refractivity contribution in [3.05, 3.63) is 33.6 Å². The fourth-order valence-electron chi connectivity index (χ4n) is 1.08. The zero-order valence-corrected chi connectivity index (χ0v) is 48.8. The molecule has 0 spiro atoms. The van der Waals surface area contributed by atoms with Crippen LogP contribution < -0.4 is 0 Å². The number of rotatable bonds is 6. The molecule has 2 radical (unpaired) electrons. The maximum absolute atomic E-state index is 10.7. The summed E-state index contributed by atoms with van der Waals surface area (Å²) >= 11 is 34.8. The number of nitrogens with one attached hydrogen (secondary N) is 2. The number of nitrogens with zero attached hydrogens (tertiary/aromatic N) is 2. The Hall–Kier alpha value is 3.67. The standard InChI is InChI=1S/C6H10NO2S.C4H7BrNO.C4H3NO3S.C4H5NOS.C2H4OS.CHCl3.2Ac.2Br2.FHO.H2/c1-4(7)6(9)3-10-5(2)8;1-3(6)4(7)2-5;6-2-1-9-5-3(2)4(7)8;1-3-4(6)2-7-5-3;1-2(3)4;2-1(3)4;;;3*1-2;/h4,7H,3H2,1-2H3;3,6H,2H2,1H3;1,6H,(H,7,8);2,6H,1H3;1H3,(H,3,4);1H;;;;;2H;1H/q2*-1;;;;;;;;;;/i;;;;;;;;;;;1+2. The monoisotopic (exact) mass is 1590 g/mol. The molecule has 0 aliphatic heterocycles. The normalized spacial score (nSPS) is 9.20. The van der Waals surface area contributed by atoms with Crippen LogP contribution in [0.15, 0.2) is 10.8 Å². The Morgan fingerprint density at radius 1 is 0.918 bits per heavy atom. The minimum Gasteiger partial charge on any atom is -0.669 e. The molecule has 49 heavy (non-hydrogen) atoms. The summed E-state index contributed by atoms with van der Waals surface area (Å²) in [5.74, 6) is -1.30. The van der Waals surface area contributed by atoms with Gasteiger partial charge in [-0.25, -0.2) is 10.1 Å². The second-order valence-electron chi connectivity index (χ2n) is 6.70. The molecule has 0 aromatic carbocycles. The second kappa shape index (κ2) is 56.0. The Morgan fingerprint density at radius 2 is 1.24 bits per heavy atom. The zero-order valence-electron chi connectivity index (χ0n) is 25.8. The van der Waals surface area contributed by atoms with Crippen molar-refractivity contribution in [3.63, 3.8) is 0 Å². The van der Waals surface area contributed by atoms with E-state index in [9.17, 15) is 24.0 Å². The van der Waals surface area contributed by atoms with Crippen molar-refractivity contribution in [2.75, 3.05) is 11.1 Å². The summed E-state index contributed by atoms with van der Waals surface area (Å²) < 4.78 is 15.0. The number of carbonyl (C=O) groups is 5. The number of carboxylic acids is 1. The number of thioether (sulfide) groups is 1. The average Bonchev–Trinajstić information content (AvgIpc) is 3.61. The van der Waals surface area contributed by atoms with Crippen LogP contribution in [0.3, 0.4) is 0 Å². The van der Waals surface area contributed by atoms with Crippen molar-refractivity contribution in [3.8, 4) is 11.5 Å². The van der Waals surface area contributed by atoms with Crippen LogP contribution in [-0.4, -0.2) is 84.6 Å². The van der Waals surface area contributed by atoms with Crippen molar-refractivity contribution < 1.29 is 139 Å². The van der Waals surface area contributed by atoms with E-state index in [0.29, 0.717) is 16.8 Å². The first-order valence-corrected chi connectivity index (χ1v) is 23.9. The van der Waals surface area contributed by atoms with Gasteiger partial charge in [0.25, 0.3) is 0 Å². The van der Waals surface area contributed by atoms with Gasteiger partial charge in [-0.15, -0.1) is 12.6 Å². The van der Waals surface area contributed by atoms with Gasteiger partial charge in [0.1, 0.15) is 17.3 Å². The third kappa shape index (κ3) is 70.0. The van der Waals surface area contributed by atoms with Gasteiger partial charge in [0.05, 0.1) is 27.5 Å². The van der Waals surface area contributed by atoms with Gasteiger partial charge in [0.15, 0.2) is 20.3 Å². The van der Waals surface area contributed by atoms with Crippen molar-refractivity contribution in [2.45, 2.75) is 51.0 Å². The topological polar surface area (TPSA) is 240 Å². The van der Waals surface area contributed by atoms with Crippen molar-refractivity contribution in [2.24, 2.45) is 0 Å². The summed E-state index contributed by atoms with van der Waals surface area (Å²) in [5.41, 5.74) is 14.2. The summed E-state index contributed by atoms with van der Waals surface area (Å²) in [7, 11) is 0. The fraction of sp³-hybridized carbons (Fsp3) is 0.476. The minimum atomic E-state index is -1.20. The molecule has 286 valence electrons. The molecule has 2 aromatic rings. The molecule has 0 amide bonds. The quantitative estimate of drug-likeness (QED) is 0.134. The minimum absolute atomic E-state index is 0. The maximum atomic E-state index is 10.7. The number of hydrogen-bond donors (Lipinski definition) is 5. The summed E-state index contributed by atoms with van der Waals surface area (Å²) in [4.78, 5) is 50.7. The van der Waals surface area contributed by atoms with E-state index in [1.54, 1.807) is 19.2 Å². The van der Waals surface area contributed by atoms with E-state index in [0.717, 1.165) is 23.3 Å². The molecule has 2 heterocycles. The molecule has 13 nitrogen and oxygen atoms in total. The van der Waals surface area contributed by atoms with E-state index < -0.39 is 22.3 Å². The smallest absolute Gasteiger partial charge is 0.359 e. The number of aryl methyl sites for hydroxylation is 1. The number of thiol groups is 1. The number of alkyl halides is 4. The third-order valence-electron chi connectivity index (χ3n) is 2.99. The van der Waals surface area contributed by atoms with Gasteiger partial charge in [-0.3, -0.25) is 9.59 Å². The number of hydrogen-bond acceptors (Lipinski definition) is 13. The van der Waals surface area contributed by atoms with Crippen LogP contribution in [0.4, 0.5) is 4.53 Å². The Labute approximate surface area is 429 Å². The molecule has 0 fully saturated rings. The molecular formula is C21H33Ac2Br5Cl3FN4O9S4-2. The summed E-state index contributed by atoms with van der Waals surface area (Å²) in [6.45, 7) is 7.63. The first kappa shape index (κ1) is 73.7. The summed E-state index contributed by atoms with van der Waals surface area (Å²) in [5, 5.41) is 34.1. The molecule has 2 atom stereocenters. The summed E-state index contributed by atoms with van der Waals surface area (Å²) in [6.07, 6.45) is 0. The average molecular weight is 1590 g/mol. The number of aromatic carboxylic acids is 1. The van der Waals surface area contributed by atoms with Crippen LogP contribution in [0, 0.1) is 95.0 Å². The molecule has 28 heteroatoms. The van der Waals surface area contributed by atoms with Gasteiger partial charge in [0.2, 0.25) is 5.69 Å². The first-order chi connectivity index (χ1) is 21.7. The molecule has 0 saturated carbocycles. The van der Waals surface area contributed by atoms with Crippen molar-refractivity contribution in [1.29, 1.82) is 0 Å². The van der Waals surface area contributed by atoms with Crippen molar-refractivity contribution >= 4 is 182 Å². The van der Waals surface area contributed by atoms with Gasteiger partial charge in [-0.2, -0.15) is 8.75 Å². The second-order valence-corrected chi connectivity index (χ2v) is 12.3. The van der Waals surface area contributed by atoms with E-state index in [-0.39, 0.29) is 129 Å². The Morgan fingerprint density at radius 3 is 1.37 bits per heavy atom. The summed E-state index contributed by atoms with van der Waals surface area (Å²) in [6, 6.07) is -1.27. The maximum Gasteiger partial charge on any atom is 0.359 e. The molecular weight excluding hydrogens is 1560 g/mol. The molecule has 0 saturated heterocycles. The number of aromatic nitrogens is 2. The van der Waals surface area contributed by atoms with Crippen LogP contribution in [-0.2, 0) is 19.2 Å². The number of carbonyl (C=O) groups excluding carboxylic acids is 4. The zero-order chi connectivity index (χ0) is 39.3. The van der Waals surface area contributed by atoms with Crippen LogP contribution >= 0.6 is 155 Å². The molecule has 2 aromatic heterocycles. The largest absolute Gasteiger partial charge is 0.669 e. The molecule has 2 unspecified atom stereocenters. The molecule has 6 N–H and O–H groups in total. The SMILES string of the molecule is BrBr.BrBr.CC(=O)S.CC(=O)SCC(=O)C(C)[NH-].CC([NH-])C(=O)CBr.Cc1nscc1O.ClC(Cl)Cl.O=C(O)c1nscc1O.OF.[3HH].[Ac].[Ac]. The van der Waals surface area contributed by atoms with E-state index in [1.807, 2.05) is 0 Å². The number of aromatic hydroxyl groups is 2. The third-order valence-corrected chi connectivity index (χ3v) is 5.71. The molecule has 2 rings (SSSR count). The van der Waals surface area contributed by atoms with Crippen LogP contribution in [0.25, 0.3) is 11.5 Å². The van der Waals surface area contributed by atoms with Gasteiger partial charge in [-0.05, 0) is 30.0 Å². The number of Topliss-reactive ketones (excluding diaryl/α,β-unsaturated/α-hetero) is 2. The Kier molecular flexibility index (Phi) is 84.3. The fourth-order valence-corrected chi connectivity index (χ4v) is 3.28. The van der Waals surface area contributed by atoms with Crippen LogP contribution in [0.5, 0.6) is 11.5 Å². The van der Waals surface area contributed by atoms with Gasteiger partial charge >= 0.3 is 5.97 Å². The van der Waals surface area contributed by atoms with E-state index in [1.165, 1.54) is 37.7 Å². The Balaban J connectivity index is -0.0000000470. The predicted octanol–water partition coefficient (Wildman–Crippen LogP) is 10.3. The Bertz CT molecular complexity index is 1070. The number of ketones is 2. The van der Waals surface area contributed by atoms with Gasteiger partial charge < -0.3 is 36.4 Å². The number of halogens is 9. The van der Waals surface area contributed by atoms with Crippen LogP contribution in [0.2, 0.25) is 0 Å². The van der Waals surface area contributed by atoms with E-state index >= 15 is 0 Å². The van der Waals surface area contributed by atoms with Crippen molar-refractivity contribution in [1.82, 2.24) is 8.75 Å². The molecule has 0 bridgehead atoms. The van der Waals surface area contributed by atoms with Gasteiger partial charge in [-0.1, -0.05) is 93.0 Å². The van der Waals surface area contributed by atoms with E-state index in [4.69, 9.17) is 71.4 Å².